The molecule has 0 aromatic heterocycles. The van der Waals surface area contributed by atoms with Gasteiger partial charge in [-0.3, -0.25) is 9.69 Å². The zero-order valence-electron chi connectivity index (χ0n) is 18.9. The van der Waals surface area contributed by atoms with Crippen LogP contribution in [0.1, 0.15) is 16.5 Å². The molecule has 0 radical (unpaired) electrons. The van der Waals surface area contributed by atoms with Gasteiger partial charge in [-0.15, -0.1) is 11.8 Å². The zero-order chi connectivity index (χ0) is 23.8. The molecule has 1 aliphatic heterocycles. The van der Waals surface area contributed by atoms with Crippen molar-refractivity contribution in [2.45, 2.75) is 12.0 Å². The number of ether oxygens (including phenoxy) is 1. The lowest BCUT2D eigenvalue weighted by molar-refractivity contribution is -0.115. The number of thioether (sulfide) groups is 1. The molecular weight excluding hydrogens is 474 g/mol. The molecule has 1 amide bonds. The number of halogens is 1. The average Bonchev–Trinajstić information content (AvgIpc) is 3.28. The minimum absolute atomic E-state index is 0.0789. The molecule has 1 aliphatic rings. The molecule has 3 nitrogen and oxygen atoms in total. The Bertz CT molecular complexity index is 1540. The van der Waals surface area contributed by atoms with Gasteiger partial charge in [-0.2, -0.15) is 0 Å². The van der Waals surface area contributed by atoms with Crippen molar-refractivity contribution in [2.75, 3.05) is 10.7 Å². The molecule has 1 fully saturated rings. The van der Waals surface area contributed by atoms with Crippen LogP contribution in [0.25, 0.3) is 21.5 Å². The molecule has 1 saturated heterocycles. The normalized spacial score (nSPS) is 15.7. The highest BCUT2D eigenvalue weighted by molar-refractivity contribution is 8.00. The van der Waals surface area contributed by atoms with Crippen LogP contribution in [-0.2, 0) is 11.4 Å². The van der Waals surface area contributed by atoms with E-state index in [0.29, 0.717) is 17.4 Å². The summed E-state index contributed by atoms with van der Waals surface area (Å²) in [5.41, 5.74) is 2.99. The Balaban J connectivity index is 1.43. The van der Waals surface area contributed by atoms with E-state index in [0.717, 1.165) is 33.3 Å². The summed E-state index contributed by atoms with van der Waals surface area (Å²) in [6.45, 7) is 0.443. The Kier molecular flexibility index (Phi) is 5.85. The van der Waals surface area contributed by atoms with Crippen molar-refractivity contribution in [1.29, 1.82) is 0 Å². The van der Waals surface area contributed by atoms with E-state index in [9.17, 15) is 4.79 Å². The standard InChI is InChI=1S/C30H22ClNO2S/c31-23-13-15-24(16-14-23)32-28(33)19-35-30(32)29-26-11-4-2-7-21(26)12-17-27(29)34-18-22-9-5-8-20-6-1-3-10-25(20)22/h1-17,30H,18-19H2/t30-/m1/s1. The van der Waals surface area contributed by atoms with Crippen LogP contribution < -0.4 is 9.64 Å². The van der Waals surface area contributed by atoms with Crippen LogP contribution in [0, 0.1) is 0 Å². The number of fused-ring (bicyclic) bond motifs is 2. The summed E-state index contributed by atoms with van der Waals surface area (Å²) in [6, 6.07) is 34.5. The maximum Gasteiger partial charge on any atom is 0.238 e. The Morgan fingerprint density at radius 1 is 0.800 bits per heavy atom. The number of hydrogen-bond acceptors (Lipinski definition) is 3. The van der Waals surface area contributed by atoms with Gasteiger partial charge in [-0.25, -0.2) is 0 Å². The van der Waals surface area contributed by atoms with Crippen molar-refractivity contribution in [3.63, 3.8) is 0 Å². The number of amides is 1. The van der Waals surface area contributed by atoms with Crippen molar-refractivity contribution in [3.8, 4) is 5.75 Å². The summed E-state index contributed by atoms with van der Waals surface area (Å²) >= 11 is 7.75. The third-order valence-corrected chi connectivity index (χ3v) is 7.84. The second-order valence-corrected chi connectivity index (χ2v) is 10.0. The number of benzene rings is 5. The van der Waals surface area contributed by atoms with Gasteiger partial charge in [-0.05, 0) is 57.4 Å². The molecule has 0 saturated carbocycles. The predicted molar refractivity (Wildman–Crippen MR) is 146 cm³/mol. The molecule has 5 aromatic carbocycles. The monoisotopic (exact) mass is 495 g/mol. The molecule has 0 aliphatic carbocycles. The number of hydrogen-bond donors (Lipinski definition) is 0. The van der Waals surface area contributed by atoms with Gasteiger partial charge in [0.2, 0.25) is 5.91 Å². The molecule has 1 heterocycles. The largest absolute Gasteiger partial charge is 0.488 e. The van der Waals surface area contributed by atoms with Crippen LogP contribution in [0.3, 0.4) is 0 Å². The molecule has 5 heteroatoms. The average molecular weight is 496 g/mol. The van der Waals surface area contributed by atoms with Gasteiger partial charge in [0.15, 0.2) is 0 Å². The van der Waals surface area contributed by atoms with Crippen LogP contribution in [0.4, 0.5) is 5.69 Å². The summed E-state index contributed by atoms with van der Waals surface area (Å²) in [6.07, 6.45) is 0. The molecule has 0 bridgehead atoms. The third-order valence-electron chi connectivity index (χ3n) is 6.41. The molecule has 0 N–H and O–H groups in total. The SMILES string of the molecule is O=C1CS[C@H](c2c(OCc3cccc4ccccc34)ccc3ccccc23)N1c1ccc(Cl)cc1. The minimum Gasteiger partial charge on any atom is -0.488 e. The Morgan fingerprint density at radius 3 is 2.29 bits per heavy atom. The minimum atomic E-state index is -0.197. The van der Waals surface area contributed by atoms with Crippen molar-refractivity contribution in [3.05, 3.63) is 119 Å². The molecule has 5 aromatic rings. The smallest absolute Gasteiger partial charge is 0.238 e. The first-order valence-corrected chi connectivity index (χ1v) is 12.9. The lowest BCUT2D eigenvalue weighted by atomic mass is 10.0. The van der Waals surface area contributed by atoms with Crippen LogP contribution in [-0.4, -0.2) is 11.7 Å². The lowest BCUT2D eigenvalue weighted by Crippen LogP contribution is -2.28. The molecule has 35 heavy (non-hydrogen) atoms. The van der Waals surface area contributed by atoms with Gasteiger partial charge in [0.25, 0.3) is 0 Å². The molecule has 172 valence electrons. The van der Waals surface area contributed by atoms with Gasteiger partial charge in [-0.1, -0.05) is 84.4 Å². The second-order valence-electron chi connectivity index (χ2n) is 8.53. The quantitative estimate of drug-likeness (QED) is 0.247. The summed E-state index contributed by atoms with van der Waals surface area (Å²) in [7, 11) is 0. The molecule has 6 rings (SSSR count). The molecule has 0 unspecified atom stereocenters. The third kappa shape index (κ3) is 4.13. The van der Waals surface area contributed by atoms with E-state index >= 15 is 0 Å². The maximum absolute atomic E-state index is 13.0. The van der Waals surface area contributed by atoms with Gasteiger partial charge < -0.3 is 4.74 Å². The highest BCUT2D eigenvalue weighted by Crippen LogP contribution is 2.47. The molecular formula is C30H22ClNO2S. The van der Waals surface area contributed by atoms with Crippen molar-refractivity contribution in [1.82, 2.24) is 0 Å². The van der Waals surface area contributed by atoms with Gasteiger partial charge in [0.05, 0.1) is 5.75 Å². The van der Waals surface area contributed by atoms with Crippen LogP contribution in [0.15, 0.2) is 103 Å². The summed E-state index contributed by atoms with van der Waals surface area (Å²) in [4.78, 5) is 14.9. The number of nitrogens with zero attached hydrogens (tertiary/aromatic N) is 1. The number of carbonyl (C=O) groups excluding carboxylic acids is 1. The second kappa shape index (κ2) is 9.29. The van der Waals surface area contributed by atoms with Gasteiger partial charge in [0.1, 0.15) is 17.7 Å². The number of anilines is 1. The lowest BCUT2D eigenvalue weighted by Gasteiger charge is -2.27. The van der Waals surface area contributed by atoms with Gasteiger partial charge in [0, 0.05) is 16.3 Å². The fourth-order valence-corrected chi connectivity index (χ4v) is 6.11. The predicted octanol–water partition coefficient (Wildman–Crippen LogP) is 8.00. The van der Waals surface area contributed by atoms with Gasteiger partial charge >= 0.3 is 0 Å². The van der Waals surface area contributed by atoms with E-state index in [1.165, 1.54) is 10.8 Å². The first-order valence-electron chi connectivity index (χ1n) is 11.5. The fourth-order valence-electron chi connectivity index (χ4n) is 4.75. The van der Waals surface area contributed by atoms with E-state index in [2.05, 4.69) is 54.6 Å². The first kappa shape index (κ1) is 22.0. The summed E-state index contributed by atoms with van der Waals surface area (Å²) < 4.78 is 6.52. The van der Waals surface area contributed by atoms with Crippen LogP contribution >= 0.6 is 23.4 Å². The van der Waals surface area contributed by atoms with Crippen LogP contribution in [0.5, 0.6) is 5.75 Å². The number of carbonyl (C=O) groups is 1. The van der Waals surface area contributed by atoms with E-state index in [-0.39, 0.29) is 11.3 Å². The molecule has 1 atom stereocenters. The Morgan fingerprint density at radius 2 is 1.49 bits per heavy atom. The first-order chi connectivity index (χ1) is 17.2. The van der Waals surface area contributed by atoms with Crippen molar-refractivity contribution in [2.24, 2.45) is 0 Å². The zero-order valence-corrected chi connectivity index (χ0v) is 20.4. The van der Waals surface area contributed by atoms with E-state index in [1.54, 1.807) is 11.8 Å². The van der Waals surface area contributed by atoms with E-state index < -0.39 is 0 Å². The highest BCUT2D eigenvalue weighted by Gasteiger charge is 2.36. The number of rotatable bonds is 5. The summed E-state index contributed by atoms with van der Waals surface area (Å²) in [5.74, 6) is 1.29. The fraction of sp³-hybridized carbons (Fsp3) is 0.100. The Labute approximate surface area is 213 Å². The highest BCUT2D eigenvalue weighted by atomic mass is 35.5. The van der Waals surface area contributed by atoms with E-state index in [1.807, 2.05) is 53.4 Å². The molecule has 0 spiro atoms. The summed E-state index contributed by atoms with van der Waals surface area (Å²) in [5, 5.41) is 5.04. The maximum atomic E-state index is 13.0. The Hall–Kier alpha value is -3.47. The van der Waals surface area contributed by atoms with Crippen molar-refractivity contribution >= 4 is 56.5 Å². The van der Waals surface area contributed by atoms with Crippen LogP contribution in [0.2, 0.25) is 5.02 Å². The topological polar surface area (TPSA) is 29.5 Å². The van der Waals surface area contributed by atoms with E-state index in [4.69, 9.17) is 16.3 Å². The van der Waals surface area contributed by atoms with Crippen molar-refractivity contribution < 1.29 is 9.53 Å².